The number of aliphatic imine (C=N–C) groups is 1. The fourth-order valence-electron chi connectivity index (χ4n) is 3.97. The second-order valence-corrected chi connectivity index (χ2v) is 8.77. The second kappa shape index (κ2) is 7.00. The summed E-state index contributed by atoms with van der Waals surface area (Å²) in [5.41, 5.74) is 4.84. The zero-order chi connectivity index (χ0) is 19.1. The molecular weight excluding hydrogens is 364 g/mol. The molecule has 0 amide bonds. The molecule has 0 bridgehead atoms. The maximum absolute atomic E-state index is 4.54. The first-order chi connectivity index (χ1) is 13.7. The molecule has 1 aliphatic heterocycles. The van der Waals surface area contributed by atoms with Crippen LogP contribution < -0.4 is 0 Å². The summed E-state index contributed by atoms with van der Waals surface area (Å²) in [6.45, 7) is 1.01. The number of fused-ring (bicyclic) bond motifs is 2. The number of hydrogen-bond acceptors (Lipinski definition) is 4. The Bertz CT molecular complexity index is 1180. The average molecular weight is 387 g/mol. The summed E-state index contributed by atoms with van der Waals surface area (Å²) in [5.74, 6) is 0.447. The van der Waals surface area contributed by atoms with Gasteiger partial charge >= 0.3 is 0 Å². The van der Waals surface area contributed by atoms with Gasteiger partial charge in [-0.3, -0.25) is 10.1 Å². The molecule has 3 heterocycles. The lowest BCUT2D eigenvalue weighted by Gasteiger charge is -2.21. The number of aromatic nitrogens is 2. The highest BCUT2D eigenvalue weighted by Gasteiger charge is 2.18. The minimum Gasteiger partial charge on any atom is -0.309 e. The standard InChI is InChI=1S/C23H22N4S/c1-27(2)14-15-7-18(12-24-11-15)17-8-19-13-25-26-23(19)20(9-17)22-10-16-5-3-4-6-21(16)28-22/h3-6,8-13,15H,7,14H2,1-2H3,(H,25,26). The summed E-state index contributed by atoms with van der Waals surface area (Å²) in [4.78, 5) is 8.03. The number of nitrogens with one attached hydrogen (secondary N) is 1. The van der Waals surface area contributed by atoms with Crippen LogP contribution in [0.5, 0.6) is 0 Å². The Morgan fingerprint density at radius 2 is 2.04 bits per heavy atom. The number of rotatable bonds is 4. The maximum Gasteiger partial charge on any atom is 0.0737 e. The molecule has 2 aromatic heterocycles. The molecule has 0 saturated carbocycles. The van der Waals surface area contributed by atoms with E-state index in [4.69, 9.17) is 0 Å². The van der Waals surface area contributed by atoms with Crippen molar-refractivity contribution in [2.24, 2.45) is 10.9 Å². The Morgan fingerprint density at radius 3 is 2.89 bits per heavy atom. The van der Waals surface area contributed by atoms with Crippen LogP contribution in [0, 0.1) is 5.92 Å². The van der Waals surface area contributed by atoms with E-state index in [0.29, 0.717) is 5.92 Å². The van der Waals surface area contributed by atoms with Gasteiger partial charge in [-0.05, 0) is 61.3 Å². The predicted octanol–water partition coefficient (Wildman–Crippen LogP) is 5.44. The third kappa shape index (κ3) is 3.17. The molecule has 140 valence electrons. The number of benzene rings is 2. The summed E-state index contributed by atoms with van der Waals surface area (Å²) >= 11 is 1.83. The maximum atomic E-state index is 4.54. The normalized spacial score (nSPS) is 17.0. The molecule has 0 spiro atoms. The van der Waals surface area contributed by atoms with Crippen molar-refractivity contribution >= 4 is 44.1 Å². The van der Waals surface area contributed by atoms with Crippen molar-refractivity contribution in [3.05, 3.63) is 60.4 Å². The van der Waals surface area contributed by atoms with E-state index in [1.165, 1.54) is 31.7 Å². The third-order valence-corrected chi connectivity index (χ3v) is 6.37. The lowest BCUT2D eigenvalue weighted by atomic mass is 9.91. The van der Waals surface area contributed by atoms with Gasteiger partial charge in [0.2, 0.25) is 0 Å². The minimum atomic E-state index is 0.447. The number of allylic oxidation sites excluding steroid dienone is 1. The van der Waals surface area contributed by atoms with Gasteiger partial charge in [-0.1, -0.05) is 18.2 Å². The van der Waals surface area contributed by atoms with Gasteiger partial charge in [0.25, 0.3) is 0 Å². The molecule has 1 aliphatic rings. The summed E-state index contributed by atoms with van der Waals surface area (Å²) in [6, 6.07) is 15.4. The van der Waals surface area contributed by atoms with Gasteiger partial charge in [-0.2, -0.15) is 5.10 Å². The molecule has 5 heteroatoms. The van der Waals surface area contributed by atoms with E-state index >= 15 is 0 Å². The lowest BCUT2D eigenvalue weighted by molar-refractivity contribution is 0.374. The van der Waals surface area contributed by atoms with Crippen molar-refractivity contribution in [2.75, 3.05) is 20.6 Å². The minimum absolute atomic E-state index is 0.447. The van der Waals surface area contributed by atoms with Gasteiger partial charge in [0, 0.05) is 45.4 Å². The van der Waals surface area contributed by atoms with Crippen molar-refractivity contribution in [1.82, 2.24) is 15.1 Å². The molecule has 4 nitrogen and oxygen atoms in total. The Morgan fingerprint density at radius 1 is 1.14 bits per heavy atom. The Kier molecular flexibility index (Phi) is 4.34. The zero-order valence-corrected chi connectivity index (χ0v) is 16.8. The van der Waals surface area contributed by atoms with Crippen LogP contribution in [-0.2, 0) is 0 Å². The fourth-order valence-corrected chi connectivity index (χ4v) is 5.05. The van der Waals surface area contributed by atoms with Gasteiger partial charge in [0.05, 0.1) is 11.7 Å². The smallest absolute Gasteiger partial charge is 0.0737 e. The first-order valence-electron chi connectivity index (χ1n) is 9.51. The molecule has 4 aromatic rings. The largest absolute Gasteiger partial charge is 0.309 e. The summed E-state index contributed by atoms with van der Waals surface area (Å²) in [7, 11) is 4.23. The van der Waals surface area contributed by atoms with Crippen molar-refractivity contribution in [2.45, 2.75) is 6.42 Å². The topological polar surface area (TPSA) is 44.3 Å². The van der Waals surface area contributed by atoms with Crippen LogP contribution in [0.25, 0.3) is 37.0 Å². The Hall–Kier alpha value is -2.76. The van der Waals surface area contributed by atoms with Gasteiger partial charge in [0.15, 0.2) is 0 Å². The third-order valence-electron chi connectivity index (χ3n) is 5.22. The first kappa shape index (κ1) is 17.3. The molecule has 28 heavy (non-hydrogen) atoms. The predicted molar refractivity (Wildman–Crippen MR) is 120 cm³/mol. The molecule has 0 aliphatic carbocycles. The molecule has 0 fully saturated rings. The van der Waals surface area contributed by atoms with E-state index < -0.39 is 0 Å². The Balaban J connectivity index is 1.60. The number of aromatic amines is 1. The molecule has 5 rings (SSSR count). The van der Waals surface area contributed by atoms with Crippen LogP contribution in [0.1, 0.15) is 12.0 Å². The van der Waals surface area contributed by atoms with E-state index in [9.17, 15) is 0 Å². The quantitative estimate of drug-likeness (QED) is 0.508. The van der Waals surface area contributed by atoms with Gasteiger partial charge in [-0.15, -0.1) is 11.3 Å². The van der Waals surface area contributed by atoms with Crippen LogP contribution in [0.2, 0.25) is 0 Å². The van der Waals surface area contributed by atoms with E-state index in [0.717, 1.165) is 23.9 Å². The molecule has 0 saturated heterocycles. The number of hydrogen-bond donors (Lipinski definition) is 1. The van der Waals surface area contributed by atoms with Gasteiger partial charge in [-0.25, -0.2) is 0 Å². The van der Waals surface area contributed by atoms with Crippen LogP contribution in [-0.4, -0.2) is 42.0 Å². The van der Waals surface area contributed by atoms with E-state index in [1.807, 2.05) is 23.7 Å². The summed E-state index contributed by atoms with van der Waals surface area (Å²) in [5, 5.41) is 9.93. The molecule has 1 N–H and O–H groups in total. The number of H-pyrrole nitrogens is 1. The highest BCUT2D eigenvalue weighted by atomic mass is 32.1. The zero-order valence-electron chi connectivity index (χ0n) is 16.0. The van der Waals surface area contributed by atoms with Crippen LogP contribution in [0.3, 0.4) is 0 Å². The van der Waals surface area contributed by atoms with Gasteiger partial charge < -0.3 is 4.90 Å². The van der Waals surface area contributed by atoms with E-state index in [-0.39, 0.29) is 0 Å². The monoisotopic (exact) mass is 386 g/mol. The lowest BCUT2D eigenvalue weighted by Crippen LogP contribution is -2.23. The second-order valence-electron chi connectivity index (χ2n) is 7.69. The van der Waals surface area contributed by atoms with E-state index in [1.54, 1.807) is 0 Å². The molecule has 1 unspecified atom stereocenters. The highest BCUT2D eigenvalue weighted by Crippen LogP contribution is 2.39. The number of nitrogens with zero attached hydrogens (tertiary/aromatic N) is 3. The highest BCUT2D eigenvalue weighted by molar-refractivity contribution is 7.22. The molecule has 1 atom stereocenters. The fraction of sp³-hybridized carbons (Fsp3) is 0.217. The summed E-state index contributed by atoms with van der Waals surface area (Å²) < 4.78 is 1.31. The molecule has 2 aromatic carbocycles. The van der Waals surface area contributed by atoms with E-state index in [2.05, 4.69) is 82.9 Å². The van der Waals surface area contributed by atoms with Crippen LogP contribution in [0.4, 0.5) is 0 Å². The molecule has 0 radical (unpaired) electrons. The van der Waals surface area contributed by atoms with Crippen LogP contribution in [0.15, 0.2) is 59.9 Å². The first-order valence-corrected chi connectivity index (χ1v) is 10.3. The number of thiophene rings is 1. The van der Waals surface area contributed by atoms with Crippen molar-refractivity contribution in [3.63, 3.8) is 0 Å². The van der Waals surface area contributed by atoms with Crippen molar-refractivity contribution < 1.29 is 0 Å². The molecular formula is C23H22N4S. The Labute approximate surface area is 168 Å². The van der Waals surface area contributed by atoms with Gasteiger partial charge in [0.1, 0.15) is 0 Å². The van der Waals surface area contributed by atoms with Crippen LogP contribution >= 0.6 is 11.3 Å². The van der Waals surface area contributed by atoms with Crippen molar-refractivity contribution in [1.29, 1.82) is 0 Å². The van der Waals surface area contributed by atoms with Crippen molar-refractivity contribution in [3.8, 4) is 10.4 Å². The SMILES string of the molecule is CN(C)CC1C=NC=C(c2cc(-c3cc4ccccc4s3)c3[nH]ncc3c2)C1. The summed E-state index contributed by atoms with van der Waals surface area (Å²) in [6.07, 6.45) is 7.02. The average Bonchev–Trinajstić information content (AvgIpc) is 3.33.